The zero-order valence-electron chi connectivity index (χ0n) is 16.5. The topological polar surface area (TPSA) is 72.5 Å². The summed E-state index contributed by atoms with van der Waals surface area (Å²) in [6.07, 6.45) is 0. The Morgan fingerprint density at radius 2 is 1.38 bits per heavy atom. The molecule has 1 amide bonds. The van der Waals surface area contributed by atoms with E-state index in [1.165, 1.54) is 0 Å². The summed E-state index contributed by atoms with van der Waals surface area (Å²) in [6.45, 7) is 15.4. The molecule has 1 saturated heterocycles. The number of ether oxygens (including phenoxy) is 4. The highest BCUT2D eigenvalue weighted by Gasteiger charge is 2.14. The van der Waals surface area contributed by atoms with Gasteiger partial charge in [0.2, 0.25) is 5.91 Å². The number of carbonyl (C=O) groups is 1. The van der Waals surface area contributed by atoms with E-state index < -0.39 is 0 Å². The van der Waals surface area contributed by atoms with E-state index in [2.05, 4.69) is 22.0 Å². The summed E-state index contributed by atoms with van der Waals surface area (Å²) >= 11 is 0. The van der Waals surface area contributed by atoms with Crippen LogP contribution in [0.1, 0.15) is 13.8 Å². The zero-order valence-corrected chi connectivity index (χ0v) is 16.5. The van der Waals surface area contributed by atoms with Gasteiger partial charge in [-0.2, -0.15) is 0 Å². The third kappa shape index (κ3) is 12.6. The fourth-order valence-corrected chi connectivity index (χ4v) is 2.57. The van der Waals surface area contributed by atoms with E-state index >= 15 is 0 Å². The van der Waals surface area contributed by atoms with Gasteiger partial charge in [0, 0.05) is 45.9 Å². The van der Waals surface area contributed by atoms with Crippen molar-refractivity contribution in [1.29, 1.82) is 0 Å². The van der Waals surface area contributed by atoms with Crippen LogP contribution < -0.4 is 5.32 Å². The lowest BCUT2D eigenvalue weighted by Crippen LogP contribution is -2.47. The number of nitrogens with zero attached hydrogens (tertiary/aromatic N) is 2. The number of rotatable bonds is 16. The standard InChI is InChI=1S/C18H37N3O5/c1-3-20-6-8-21(9-7-20)10-12-25-14-16-26-15-13-24-11-5-19-18(22)17-23-4-2/h3-17H2,1-2H3,(H,19,22). The van der Waals surface area contributed by atoms with Crippen molar-refractivity contribution in [2.45, 2.75) is 13.8 Å². The highest BCUT2D eigenvalue weighted by molar-refractivity contribution is 5.77. The number of amides is 1. The monoisotopic (exact) mass is 375 g/mol. The summed E-state index contributed by atoms with van der Waals surface area (Å²) in [5, 5.41) is 2.72. The van der Waals surface area contributed by atoms with Crippen molar-refractivity contribution in [2.24, 2.45) is 0 Å². The number of likely N-dealkylation sites (N-methyl/N-ethyl adjacent to an activating group) is 1. The van der Waals surface area contributed by atoms with E-state index in [1.807, 2.05) is 6.92 Å². The molecule has 0 saturated carbocycles. The van der Waals surface area contributed by atoms with E-state index in [0.717, 1.165) is 45.9 Å². The van der Waals surface area contributed by atoms with Gasteiger partial charge in [-0.05, 0) is 13.5 Å². The molecule has 1 aliphatic rings. The third-order valence-corrected chi connectivity index (χ3v) is 4.21. The zero-order chi connectivity index (χ0) is 18.9. The van der Waals surface area contributed by atoms with Crippen molar-refractivity contribution in [3.63, 3.8) is 0 Å². The summed E-state index contributed by atoms with van der Waals surface area (Å²) in [7, 11) is 0. The van der Waals surface area contributed by atoms with Crippen LogP contribution in [0.5, 0.6) is 0 Å². The Hall–Kier alpha value is -0.770. The van der Waals surface area contributed by atoms with Crippen molar-refractivity contribution in [2.75, 3.05) is 98.7 Å². The molecule has 0 unspecified atom stereocenters. The molecule has 0 aromatic rings. The van der Waals surface area contributed by atoms with Crippen LogP contribution in [-0.4, -0.2) is 114 Å². The summed E-state index contributed by atoms with van der Waals surface area (Å²) in [4.78, 5) is 16.2. The van der Waals surface area contributed by atoms with Crippen LogP contribution in [0.15, 0.2) is 0 Å². The average Bonchev–Trinajstić information content (AvgIpc) is 2.67. The quantitative estimate of drug-likeness (QED) is 0.376. The molecule has 26 heavy (non-hydrogen) atoms. The molecular weight excluding hydrogens is 338 g/mol. The van der Waals surface area contributed by atoms with Gasteiger partial charge in [0.15, 0.2) is 0 Å². The lowest BCUT2D eigenvalue weighted by atomic mass is 10.3. The second-order valence-corrected chi connectivity index (χ2v) is 6.10. The van der Waals surface area contributed by atoms with Crippen molar-refractivity contribution < 1.29 is 23.7 Å². The van der Waals surface area contributed by atoms with Crippen LogP contribution in [0.3, 0.4) is 0 Å². The van der Waals surface area contributed by atoms with Crippen LogP contribution in [0.4, 0.5) is 0 Å². The minimum atomic E-state index is -0.115. The maximum atomic E-state index is 11.3. The van der Waals surface area contributed by atoms with Gasteiger partial charge in [0.1, 0.15) is 6.61 Å². The molecule has 1 aliphatic heterocycles. The van der Waals surface area contributed by atoms with Crippen molar-refractivity contribution in [1.82, 2.24) is 15.1 Å². The molecule has 0 atom stereocenters. The smallest absolute Gasteiger partial charge is 0.246 e. The van der Waals surface area contributed by atoms with Gasteiger partial charge >= 0.3 is 0 Å². The Morgan fingerprint density at radius 1 is 0.808 bits per heavy atom. The van der Waals surface area contributed by atoms with Gasteiger partial charge < -0.3 is 29.2 Å². The van der Waals surface area contributed by atoms with E-state index in [9.17, 15) is 4.79 Å². The van der Waals surface area contributed by atoms with Gasteiger partial charge in [0.05, 0.1) is 39.6 Å². The average molecular weight is 376 g/mol. The maximum Gasteiger partial charge on any atom is 0.246 e. The Morgan fingerprint density at radius 3 is 2.00 bits per heavy atom. The number of hydrogen-bond acceptors (Lipinski definition) is 7. The predicted octanol–water partition coefficient (Wildman–Crippen LogP) is -0.174. The van der Waals surface area contributed by atoms with Crippen LogP contribution >= 0.6 is 0 Å². The first-order valence-electron chi connectivity index (χ1n) is 9.78. The van der Waals surface area contributed by atoms with Crippen molar-refractivity contribution in [3.05, 3.63) is 0 Å². The fourth-order valence-electron chi connectivity index (χ4n) is 2.57. The summed E-state index contributed by atoms with van der Waals surface area (Å²) in [5.74, 6) is -0.115. The molecule has 8 heteroatoms. The van der Waals surface area contributed by atoms with Crippen LogP contribution in [0, 0.1) is 0 Å². The minimum Gasteiger partial charge on any atom is -0.378 e. The van der Waals surface area contributed by atoms with Gasteiger partial charge in [-0.25, -0.2) is 0 Å². The molecule has 8 nitrogen and oxygen atoms in total. The van der Waals surface area contributed by atoms with Crippen molar-refractivity contribution >= 4 is 5.91 Å². The molecule has 1 heterocycles. The number of piperazine rings is 1. The Kier molecular flexibility index (Phi) is 14.7. The third-order valence-electron chi connectivity index (χ3n) is 4.21. The number of hydrogen-bond donors (Lipinski definition) is 1. The summed E-state index contributed by atoms with van der Waals surface area (Å²) in [6, 6.07) is 0. The first-order valence-corrected chi connectivity index (χ1v) is 9.78. The Labute approximate surface area is 158 Å². The molecule has 0 bridgehead atoms. The van der Waals surface area contributed by atoms with E-state index in [-0.39, 0.29) is 12.5 Å². The molecule has 1 N–H and O–H groups in total. The van der Waals surface area contributed by atoms with Gasteiger partial charge in [0.25, 0.3) is 0 Å². The lowest BCUT2D eigenvalue weighted by Gasteiger charge is -2.33. The molecule has 0 aromatic heterocycles. The lowest BCUT2D eigenvalue weighted by molar-refractivity contribution is -0.125. The summed E-state index contributed by atoms with van der Waals surface area (Å²) in [5.41, 5.74) is 0. The summed E-state index contributed by atoms with van der Waals surface area (Å²) < 4.78 is 21.5. The van der Waals surface area contributed by atoms with Gasteiger partial charge in [-0.15, -0.1) is 0 Å². The molecular formula is C18H37N3O5. The highest BCUT2D eigenvalue weighted by Crippen LogP contribution is 2.00. The highest BCUT2D eigenvalue weighted by atomic mass is 16.5. The number of nitrogens with one attached hydrogen (secondary N) is 1. The number of carbonyl (C=O) groups excluding carboxylic acids is 1. The normalized spacial score (nSPS) is 16.1. The molecule has 1 fully saturated rings. The molecule has 0 aromatic carbocycles. The van der Waals surface area contributed by atoms with E-state index in [4.69, 9.17) is 18.9 Å². The molecule has 1 rings (SSSR count). The maximum absolute atomic E-state index is 11.3. The van der Waals surface area contributed by atoms with Crippen LogP contribution in [-0.2, 0) is 23.7 Å². The molecule has 154 valence electrons. The fraction of sp³-hybridized carbons (Fsp3) is 0.944. The molecule has 0 aliphatic carbocycles. The van der Waals surface area contributed by atoms with Crippen LogP contribution in [0.25, 0.3) is 0 Å². The van der Waals surface area contributed by atoms with E-state index in [0.29, 0.717) is 46.2 Å². The van der Waals surface area contributed by atoms with Gasteiger partial charge in [-0.1, -0.05) is 6.92 Å². The SMILES string of the molecule is CCOCC(=O)NCCOCCOCCOCCN1CCN(CC)CC1. The second kappa shape index (κ2) is 16.4. The largest absolute Gasteiger partial charge is 0.378 e. The first-order chi connectivity index (χ1) is 12.8. The predicted molar refractivity (Wildman–Crippen MR) is 101 cm³/mol. The Bertz CT molecular complexity index is 339. The first kappa shape index (κ1) is 23.3. The second-order valence-electron chi connectivity index (χ2n) is 6.10. The van der Waals surface area contributed by atoms with Crippen LogP contribution in [0.2, 0.25) is 0 Å². The van der Waals surface area contributed by atoms with Gasteiger partial charge in [-0.3, -0.25) is 9.69 Å². The minimum absolute atomic E-state index is 0.106. The van der Waals surface area contributed by atoms with Crippen molar-refractivity contribution in [3.8, 4) is 0 Å². The van der Waals surface area contributed by atoms with E-state index in [1.54, 1.807) is 0 Å². The molecule has 0 spiro atoms. The molecule has 0 radical (unpaired) electrons. The Balaban J connectivity index is 1.75.